The lowest BCUT2D eigenvalue weighted by atomic mass is 10.1. The minimum Gasteiger partial charge on any atom is -0.479 e. The molecule has 1 aliphatic rings. The molecule has 1 aliphatic heterocycles. The molecule has 148 valence electrons. The van der Waals surface area contributed by atoms with E-state index in [4.69, 9.17) is 9.15 Å². The molecule has 0 spiro atoms. The predicted molar refractivity (Wildman–Crippen MR) is 110 cm³/mol. The van der Waals surface area contributed by atoms with Crippen molar-refractivity contribution >= 4 is 34.2 Å². The van der Waals surface area contributed by atoms with Crippen LogP contribution in [0.3, 0.4) is 0 Å². The van der Waals surface area contributed by atoms with Gasteiger partial charge in [-0.3, -0.25) is 9.59 Å². The lowest BCUT2D eigenvalue weighted by molar-refractivity contribution is -0.125. The molecule has 1 aromatic heterocycles. The van der Waals surface area contributed by atoms with Crippen molar-refractivity contribution in [2.45, 2.75) is 26.4 Å². The van der Waals surface area contributed by atoms with Crippen LogP contribution < -0.4 is 20.6 Å². The third kappa shape index (κ3) is 3.47. The van der Waals surface area contributed by atoms with E-state index < -0.39 is 17.6 Å². The van der Waals surface area contributed by atoms with Crippen LogP contribution in [-0.4, -0.2) is 24.5 Å². The number of nitrogens with one attached hydrogen (secondary N) is 1. The normalized spacial score (nSPS) is 15.7. The fourth-order valence-electron chi connectivity index (χ4n) is 3.36. The molecular formula is C22H20N2O5. The Morgan fingerprint density at radius 2 is 1.93 bits per heavy atom. The van der Waals surface area contributed by atoms with Crippen molar-refractivity contribution in [1.82, 2.24) is 0 Å². The Labute approximate surface area is 166 Å². The van der Waals surface area contributed by atoms with E-state index in [0.29, 0.717) is 34.6 Å². The van der Waals surface area contributed by atoms with Crippen LogP contribution in [0.15, 0.2) is 57.7 Å². The number of para-hydroxylation sites is 1. The standard InChI is InChI=1S/C22H20N2O5/c1-3-10-24-17-12-15(8-9-19(17)28-13(2)21(24)26)23-20(25)16-11-14-6-4-5-7-18(14)29-22(16)27/h4-9,11-13H,3,10H2,1-2H3,(H,23,25). The Hall–Kier alpha value is -3.61. The second-order valence-electron chi connectivity index (χ2n) is 6.87. The van der Waals surface area contributed by atoms with Gasteiger partial charge in [-0.1, -0.05) is 25.1 Å². The van der Waals surface area contributed by atoms with Crippen molar-refractivity contribution in [1.29, 1.82) is 0 Å². The molecule has 0 fully saturated rings. The minimum absolute atomic E-state index is 0.0900. The van der Waals surface area contributed by atoms with E-state index in [9.17, 15) is 14.4 Å². The summed E-state index contributed by atoms with van der Waals surface area (Å²) in [6.45, 7) is 4.24. The van der Waals surface area contributed by atoms with Crippen LogP contribution in [0.25, 0.3) is 11.0 Å². The quantitative estimate of drug-likeness (QED) is 0.686. The number of hydrogen-bond acceptors (Lipinski definition) is 5. The molecule has 1 atom stereocenters. The maximum Gasteiger partial charge on any atom is 0.349 e. The number of amides is 2. The van der Waals surface area contributed by atoms with Crippen LogP contribution in [0.2, 0.25) is 0 Å². The summed E-state index contributed by atoms with van der Waals surface area (Å²) in [4.78, 5) is 39.0. The highest BCUT2D eigenvalue weighted by molar-refractivity contribution is 6.06. The summed E-state index contributed by atoms with van der Waals surface area (Å²) in [7, 11) is 0. The Balaban J connectivity index is 1.65. The van der Waals surface area contributed by atoms with Gasteiger partial charge in [-0.25, -0.2) is 4.79 Å². The van der Waals surface area contributed by atoms with Crippen molar-refractivity contribution in [3.05, 3.63) is 64.5 Å². The topological polar surface area (TPSA) is 88.8 Å². The number of carbonyl (C=O) groups is 2. The van der Waals surface area contributed by atoms with Gasteiger partial charge in [-0.05, 0) is 43.7 Å². The maximum atomic E-state index is 12.7. The van der Waals surface area contributed by atoms with E-state index in [-0.39, 0.29) is 11.5 Å². The fraction of sp³-hybridized carbons (Fsp3) is 0.227. The van der Waals surface area contributed by atoms with Gasteiger partial charge in [-0.15, -0.1) is 0 Å². The van der Waals surface area contributed by atoms with Crippen LogP contribution in [0.5, 0.6) is 5.75 Å². The molecule has 0 saturated carbocycles. The molecular weight excluding hydrogens is 372 g/mol. The molecule has 1 N–H and O–H groups in total. The minimum atomic E-state index is -0.709. The lowest BCUT2D eigenvalue weighted by Crippen LogP contribution is -2.44. The van der Waals surface area contributed by atoms with Gasteiger partial charge in [0.1, 0.15) is 16.9 Å². The van der Waals surface area contributed by atoms with Crippen LogP contribution in [0.4, 0.5) is 11.4 Å². The third-order valence-electron chi connectivity index (χ3n) is 4.76. The maximum absolute atomic E-state index is 12.7. The Morgan fingerprint density at radius 1 is 1.14 bits per heavy atom. The van der Waals surface area contributed by atoms with E-state index in [2.05, 4.69) is 5.32 Å². The summed E-state index contributed by atoms with van der Waals surface area (Å²) in [6, 6.07) is 13.6. The van der Waals surface area contributed by atoms with E-state index in [1.165, 1.54) is 6.07 Å². The molecule has 7 heteroatoms. The first-order chi connectivity index (χ1) is 14.0. The average molecular weight is 392 g/mol. The SMILES string of the molecule is CCCN1C(=O)C(C)Oc2ccc(NC(=O)c3cc4ccccc4oc3=O)cc21. The number of rotatable bonds is 4. The highest BCUT2D eigenvalue weighted by atomic mass is 16.5. The number of anilines is 2. The Kier molecular flexibility index (Phi) is 4.80. The number of ether oxygens (including phenoxy) is 1. The summed E-state index contributed by atoms with van der Waals surface area (Å²) < 4.78 is 10.9. The highest BCUT2D eigenvalue weighted by Gasteiger charge is 2.31. The van der Waals surface area contributed by atoms with Crippen molar-refractivity contribution < 1.29 is 18.7 Å². The molecule has 2 amide bonds. The van der Waals surface area contributed by atoms with Gasteiger partial charge < -0.3 is 19.4 Å². The fourth-order valence-corrected chi connectivity index (χ4v) is 3.36. The van der Waals surface area contributed by atoms with E-state index in [1.54, 1.807) is 54.3 Å². The molecule has 0 bridgehead atoms. The number of fused-ring (bicyclic) bond motifs is 2. The molecule has 0 aliphatic carbocycles. The van der Waals surface area contributed by atoms with Gasteiger partial charge in [0, 0.05) is 17.6 Å². The average Bonchev–Trinajstić information content (AvgIpc) is 2.71. The highest BCUT2D eigenvalue weighted by Crippen LogP contribution is 2.36. The number of benzene rings is 2. The van der Waals surface area contributed by atoms with Crippen molar-refractivity contribution in [2.24, 2.45) is 0 Å². The summed E-state index contributed by atoms with van der Waals surface area (Å²) >= 11 is 0. The van der Waals surface area contributed by atoms with E-state index in [1.807, 2.05) is 6.92 Å². The van der Waals surface area contributed by atoms with Crippen LogP contribution in [-0.2, 0) is 4.79 Å². The zero-order chi connectivity index (χ0) is 20.5. The smallest absolute Gasteiger partial charge is 0.349 e. The lowest BCUT2D eigenvalue weighted by Gasteiger charge is -2.33. The van der Waals surface area contributed by atoms with Crippen molar-refractivity contribution in [3.8, 4) is 5.75 Å². The van der Waals surface area contributed by atoms with E-state index in [0.717, 1.165) is 6.42 Å². The first-order valence-corrected chi connectivity index (χ1v) is 9.44. The summed E-state index contributed by atoms with van der Waals surface area (Å²) in [5.41, 5.74) is 0.668. The molecule has 3 aromatic rings. The molecule has 0 radical (unpaired) electrons. The van der Waals surface area contributed by atoms with Gasteiger partial charge in [0.05, 0.1) is 5.69 Å². The monoisotopic (exact) mass is 392 g/mol. The van der Waals surface area contributed by atoms with Gasteiger partial charge in [0.15, 0.2) is 6.10 Å². The molecule has 2 aromatic carbocycles. The molecule has 2 heterocycles. The van der Waals surface area contributed by atoms with Crippen molar-refractivity contribution in [3.63, 3.8) is 0 Å². The van der Waals surface area contributed by atoms with Gasteiger partial charge in [-0.2, -0.15) is 0 Å². The summed E-state index contributed by atoms with van der Waals surface area (Å²) in [5, 5.41) is 3.37. The zero-order valence-corrected chi connectivity index (χ0v) is 16.1. The molecule has 0 saturated heterocycles. The first kappa shape index (κ1) is 18.7. The molecule has 4 rings (SSSR count). The van der Waals surface area contributed by atoms with Gasteiger partial charge in [0.2, 0.25) is 0 Å². The predicted octanol–water partition coefficient (Wildman–Crippen LogP) is 3.57. The van der Waals surface area contributed by atoms with Crippen molar-refractivity contribution in [2.75, 3.05) is 16.8 Å². The largest absolute Gasteiger partial charge is 0.479 e. The summed E-state index contributed by atoms with van der Waals surface area (Å²) in [5.74, 6) is -0.130. The van der Waals surface area contributed by atoms with Crippen LogP contribution in [0, 0.1) is 0 Å². The number of carbonyl (C=O) groups excluding carboxylic acids is 2. The van der Waals surface area contributed by atoms with E-state index >= 15 is 0 Å². The third-order valence-corrected chi connectivity index (χ3v) is 4.76. The van der Waals surface area contributed by atoms with Gasteiger partial charge >= 0.3 is 5.63 Å². The number of nitrogens with zero attached hydrogens (tertiary/aromatic N) is 1. The zero-order valence-electron chi connectivity index (χ0n) is 16.1. The number of hydrogen-bond donors (Lipinski definition) is 1. The first-order valence-electron chi connectivity index (χ1n) is 9.44. The summed E-state index contributed by atoms with van der Waals surface area (Å²) in [6.07, 6.45) is 0.226. The van der Waals surface area contributed by atoms with Crippen LogP contribution in [0.1, 0.15) is 30.6 Å². The molecule has 1 unspecified atom stereocenters. The Bertz CT molecular complexity index is 1170. The van der Waals surface area contributed by atoms with Gasteiger partial charge in [0.25, 0.3) is 11.8 Å². The second kappa shape index (κ2) is 7.43. The Morgan fingerprint density at radius 3 is 2.72 bits per heavy atom. The van der Waals surface area contributed by atoms with Crippen LogP contribution >= 0.6 is 0 Å². The molecule has 7 nitrogen and oxygen atoms in total. The second-order valence-corrected chi connectivity index (χ2v) is 6.87. The molecule has 29 heavy (non-hydrogen) atoms.